The molecule has 0 fully saturated rings. The van der Waals surface area contributed by atoms with Gasteiger partial charge in [-0.25, -0.2) is 0 Å². The van der Waals surface area contributed by atoms with Gasteiger partial charge in [0, 0.05) is 7.26 Å². The van der Waals surface area contributed by atoms with Crippen LogP contribution in [0.3, 0.4) is 0 Å². The predicted octanol–water partition coefficient (Wildman–Crippen LogP) is 8.43. The molecule has 0 aliphatic rings. The number of hydrogen-bond acceptors (Lipinski definition) is 0. The molecule has 0 bridgehead atoms. The van der Waals surface area contributed by atoms with E-state index < -0.39 is 7.26 Å². The number of allylic oxidation sites excluding steroid dienone is 8. The van der Waals surface area contributed by atoms with Crippen LogP contribution >= 0.6 is 7.26 Å². The van der Waals surface area contributed by atoms with E-state index in [4.69, 9.17) is 0 Å². The fraction of sp³-hybridized carbons (Fsp3) is 0.667. The molecule has 0 aliphatic heterocycles. The molecule has 0 amide bonds. The summed E-state index contributed by atoms with van der Waals surface area (Å²) in [4.78, 5) is 0. The number of rotatable bonds is 16. The fourth-order valence-corrected chi connectivity index (χ4v) is 8.27. The van der Waals surface area contributed by atoms with Crippen molar-refractivity contribution in [2.45, 2.75) is 79.1 Å². The predicted molar refractivity (Wildman–Crippen MR) is 123 cm³/mol. The zero-order valence-corrected chi connectivity index (χ0v) is 18.4. The standard InChI is InChI=1S/C24H44P/c1-5-9-13-17-21-25(22-18-14-10-6-2,23-19-15-11-7-3)24-20-16-12-8-4/h5-12H,13-24H2,1-4H3/q+1. The van der Waals surface area contributed by atoms with Crippen molar-refractivity contribution in [3.63, 3.8) is 0 Å². The largest absolute Gasteiger partial charge is 0.0917 e. The van der Waals surface area contributed by atoms with Gasteiger partial charge in [0.1, 0.15) is 0 Å². The van der Waals surface area contributed by atoms with Crippen molar-refractivity contribution in [3.05, 3.63) is 48.6 Å². The Morgan fingerprint density at radius 1 is 0.440 bits per heavy atom. The Balaban J connectivity index is 4.84. The SMILES string of the molecule is CC=CCCC[P+](CCCC=CC)(CCCC=CC)CCCC=CC. The molecule has 0 rings (SSSR count). The Bertz CT molecular complexity index is 309. The molecule has 0 nitrogen and oxygen atoms in total. The Morgan fingerprint density at radius 2 is 0.680 bits per heavy atom. The van der Waals surface area contributed by atoms with Crippen LogP contribution in [-0.4, -0.2) is 24.6 Å². The van der Waals surface area contributed by atoms with E-state index in [1.54, 1.807) is 0 Å². The van der Waals surface area contributed by atoms with Crippen molar-refractivity contribution in [1.82, 2.24) is 0 Å². The zero-order valence-electron chi connectivity index (χ0n) is 17.6. The Morgan fingerprint density at radius 3 is 0.880 bits per heavy atom. The maximum atomic E-state index is 2.36. The van der Waals surface area contributed by atoms with Crippen LogP contribution in [0.1, 0.15) is 79.1 Å². The summed E-state index contributed by atoms with van der Waals surface area (Å²) in [7, 11) is -0.792. The van der Waals surface area contributed by atoms with Gasteiger partial charge in [0.15, 0.2) is 0 Å². The van der Waals surface area contributed by atoms with E-state index in [1.165, 1.54) is 76.0 Å². The van der Waals surface area contributed by atoms with Crippen molar-refractivity contribution in [3.8, 4) is 0 Å². The molecule has 0 aromatic heterocycles. The molecule has 0 radical (unpaired) electrons. The van der Waals surface area contributed by atoms with Gasteiger partial charge in [0.2, 0.25) is 0 Å². The van der Waals surface area contributed by atoms with Gasteiger partial charge in [-0.2, -0.15) is 0 Å². The van der Waals surface area contributed by atoms with Crippen LogP contribution in [0.5, 0.6) is 0 Å². The normalized spacial score (nSPS) is 15.2. The topological polar surface area (TPSA) is 0 Å². The highest BCUT2D eigenvalue weighted by Gasteiger charge is 2.34. The second kappa shape index (κ2) is 18.2. The molecule has 0 aliphatic carbocycles. The summed E-state index contributed by atoms with van der Waals surface area (Å²) >= 11 is 0. The number of unbranched alkanes of at least 4 members (excludes halogenated alkanes) is 4. The van der Waals surface area contributed by atoms with Crippen LogP contribution in [-0.2, 0) is 0 Å². The van der Waals surface area contributed by atoms with Crippen molar-refractivity contribution >= 4 is 7.26 Å². The summed E-state index contributed by atoms with van der Waals surface area (Å²) < 4.78 is 0. The van der Waals surface area contributed by atoms with Crippen LogP contribution in [0, 0.1) is 0 Å². The van der Waals surface area contributed by atoms with E-state index in [1.807, 2.05) is 0 Å². The van der Waals surface area contributed by atoms with E-state index in [2.05, 4.69) is 76.3 Å². The Hall–Kier alpha value is -0.610. The smallest absolute Gasteiger partial charge is 0.0597 e. The first kappa shape index (κ1) is 24.4. The lowest BCUT2D eigenvalue weighted by molar-refractivity contribution is 0.868. The molecule has 0 aromatic rings. The van der Waals surface area contributed by atoms with Crippen molar-refractivity contribution in [1.29, 1.82) is 0 Å². The molecule has 0 aromatic carbocycles. The molecule has 0 atom stereocenters. The third-order valence-electron chi connectivity index (χ3n) is 4.96. The summed E-state index contributed by atoms with van der Waals surface area (Å²) in [6, 6.07) is 0. The van der Waals surface area contributed by atoms with Gasteiger partial charge in [0.25, 0.3) is 0 Å². The second-order valence-electron chi connectivity index (χ2n) is 7.08. The molecule has 0 saturated carbocycles. The molecule has 25 heavy (non-hydrogen) atoms. The molecule has 0 heterocycles. The van der Waals surface area contributed by atoms with Gasteiger partial charge in [-0.05, 0) is 79.1 Å². The first-order valence-electron chi connectivity index (χ1n) is 10.5. The average molecular weight is 364 g/mol. The molecular weight excluding hydrogens is 319 g/mol. The second-order valence-corrected chi connectivity index (χ2v) is 11.6. The molecule has 0 unspecified atom stereocenters. The van der Waals surface area contributed by atoms with E-state index >= 15 is 0 Å². The maximum Gasteiger partial charge on any atom is 0.0597 e. The van der Waals surface area contributed by atoms with Gasteiger partial charge in [0.05, 0.1) is 24.6 Å². The van der Waals surface area contributed by atoms with Crippen LogP contribution in [0.4, 0.5) is 0 Å². The maximum absolute atomic E-state index is 2.36. The van der Waals surface area contributed by atoms with Gasteiger partial charge in [-0.1, -0.05) is 48.6 Å². The van der Waals surface area contributed by atoms with Crippen LogP contribution in [0.25, 0.3) is 0 Å². The van der Waals surface area contributed by atoms with Crippen LogP contribution < -0.4 is 0 Å². The summed E-state index contributed by atoms with van der Waals surface area (Å²) in [5.74, 6) is 0. The van der Waals surface area contributed by atoms with E-state index in [0.717, 1.165) is 0 Å². The minimum atomic E-state index is -0.792. The summed E-state index contributed by atoms with van der Waals surface area (Å²) in [6.07, 6.45) is 35.0. The fourth-order valence-electron chi connectivity index (χ4n) is 3.52. The average Bonchev–Trinajstić information content (AvgIpc) is 2.63. The first-order valence-corrected chi connectivity index (χ1v) is 13.1. The lowest BCUT2D eigenvalue weighted by atomic mass is 10.3. The third kappa shape index (κ3) is 14.3. The van der Waals surface area contributed by atoms with E-state index in [-0.39, 0.29) is 0 Å². The molecular formula is C24H44P+. The first-order chi connectivity index (χ1) is 12.2. The number of hydrogen-bond donors (Lipinski definition) is 0. The van der Waals surface area contributed by atoms with Gasteiger partial charge in [-0.15, -0.1) is 0 Å². The highest BCUT2D eigenvalue weighted by atomic mass is 31.2. The third-order valence-corrected chi connectivity index (χ3v) is 10.0. The summed E-state index contributed by atoms with van der Waals surface area (Å²) in [5, 5.41) is 0. The molecule has 1 heteroatoms. The molecule has 0 N–H and O–H groups in total. The minimum absolute atomic E-state index is 0.792. The monoisotopic (exact) mass is 363 g/mol. The van der Waals surface area contributed by atoms with E-state index in [9.17, 15) is 0 Å². The zero-order chi connectivity index (χ0) is 18.6. The summed E-state index contributed by atoms with van der Waals surface area (Å²) in [5.41, 5.74) is 0. The quantitative estimate of drug-likeness (QED) is 0.147. The Labute approximate surface area is 159 Å². The van der Waals surface area contributed by atoms with E-state index in [0.29, 0.717) is 0 Å². The van der Waals surface area contributed by atoms with Crippen LogP contribution in [0.15, 0.2) is 48.6 Å². The van der Waals surface area contributed by atoms with Crippen LogP contribution in [0.2, 0.25) is 0 Å². The van der Waals surface area contributed by atoms with Crippen molar-refractivity contribution in [2.75, 3.05) is 24.6 Å². The Kier molecular flexibility index (Phi) is 17.7. The molecule has 0 saturated heterocycles. The van der Waals surface area contributed by atoms with Gasteiger partial charge in [-0.3, -0.25) is 0 Å². The minimum Gasteiger partial charge on any atom is -0.0917 e. The lowest BCUT2D eigenvalue weighted by Gasteiger charge is -2.28. The lowest BCUT2D eigenvalue weighted by Crippen LogP contribution is -2.13. The van der Waals surface area contributed by atoms with Crippen molar-refractivity contribution < 1.29 is 0 Å². The van der Waals surface area contributed by atoms with Gasteiger partial charge < -0.3 is 0 Å². The highest BCUT2D eigenvalue weighted by molar-refractivity contribution is 7.75. The summed E-state index contributed by atoms with van der Waals surface area (Å²) in [6.45, 7) is 8.59. The molecule has 144 valence electrons. The molecule has 0 spiro atoms. The van der Waals surface area contributed by atoms with Crippen molar-refractivity contribution in [2.24, 2.45) is 0 Å². The highest BCUT2D eigenvalue weighted by Crippen LogP contribution is 2.61. The van der Waals surface area contributed by atoms with Gasteiger partial charge >= 0.3 is 0 Å².